The minimum atomic E-state index is 0.366. The fourth-order valence-corrected chi connectivity index (χ4v) is 0.915. The average Bonchev–Trinajstić information content (AvgIpc) is 2.21. The quantitative estimate of drug-likeness (QED) is 0.650. The van der Waals surface area contributed by atoms with Gasteiger partial charge in [0, 0.05) is 18.5 Å². The molecule has 0 aliphatic rings. The maximum atomic E-state index is 5.41. The summed E-state index contributed by atoms with van der Waals surface area (Å²) in [5, 5.41) is 0.731. The van der Waals surface area contributed by atoms with Crippen molar-refractivity contribution in [1.82, 2.24) is 19.9 Å². The van der Waals surface area contributed by atoms with Gasteiger partial charge in [0.25, 0.3) is 0 Å². The molecule has 2 rings (SSSR count). The summed E-state index contributed by atoms with van der Waals surface area (Å²) in [5.74, 6) is 0. The Bertz CT molecular complexity index is 325. The van der Waals surface area contributed by atoms with Crippen molar-refractivity contribution >= 4 is 23.2 Å². The lowest BCUT2D eigenvalue weighted by atomic mass is 10.7. The molecule has 14 heavy (non-hydrogen) atoms. The van der Waals surface area contributed by atoms with Crippen LogP contribution in [0.2, 0.25) is 10.3 Å². The normalized spacial score (nSPS) is 8.71. The predicted octanol–water partition coefficient (Wildman–Crippen LogP) is 2.26. The van der Waals surface area contributed by atoms with Gasteiger partial charge >= 0.3 is 0 Å². The van der Waals surface area contributed by atoms with Crippen molar-refractivity contribution < 1.29 is 0 Å². The Labute approximate surface area is 91.0 Å². The second kappa shape index (κ2) is 6.23. The Kier molecular flexibility index (Phi) is 4.82. The van der Waals surface area contributed by atoms with Gasteiger partial charge in [0.2, 0.25) is 0 Å². The van der Waals surface area contributed by atoms with Gasteiger partial charge in [-0.2, -0.15) is 0 Å². The number of rotatable bonds is 0. The van der Waals surface area contributed by atoms with E-state index in [0.29, 0.717) is 10.3 Å². The van der Waals surface area contributed by atoms with Gasteiger partial charge in [-0.15, -0.1) is 0 Å². The zero-order valence-corrected chi connectivity index (χ0v) is 8.52. The lowest BCUT2D eigenvalue weighted by Crippen LogP contribution is -1.76. The molecule has 72 valence electrons. The summed E-state index contributed by atoms with van der Waals surface area (Å²) in [7, 11) is 0. The molecular weight excluding hydrogens is 223 g/mol. The summed E-state index contributed by atoms with van der Waals surface area (Å²) in [6.45, 7) is 0. The van der Waals surface area contributed by atoms with Crippen LogP contribution in [0.3, 0.4) is 0 Å². The highest BCUT2D eigenvalue weighted by molar-refractivity contribution is 6.33. The van der Waals surface area contributed by atoms with Crippen molar-refractivity contribution in [3.05, 3.63) is 47.5 Å². The molecule has 0 amide bonds. The molecule has 0 spiro atoms. The van der Waals surface area contributed by atoms with E-state index >= 15 is 0 Å². The smallest absolute Gasteiger partial charge is 0.133 e. The van der Waals surface area contributed by atoms with E-state index in [-0.39, 0.29) is 0 Å². The number of aromatic nitrogens is 4. The van der Waals surface area contributed by atoms with Crippen LogP contribution in [0.1, 0.15) is 0 Å². The zero-order valence-electron chi connectivity index (χ0n) is 7.01. The van der Waals surface area contributed by atoms with Crippen LogP contribution < -0.4 is 0 Å². The van der Waals surface area contributed by atoms with Gasteiger partial charge in [-0.1, -0.05) is 23.2 Å². The SMILES string of the molecule is Clc1cc(Cl)ncn1.c1cncnc1. The minimum absolute atomic E-state index is 0.366. The highest BCUT2D eigenvalue weighted by atomic mass is 35.5. The van der Waals surface area contributed by atoms with E-state index in [1.807, 2.05) is 0 Å². The summed E-state index contributed by atoms with van der Waals surface area (Å²) >= 11 is 10.8. The fraction of sp³-hybridized carbons (Fsp3) is 0. The largest absolute Gasteiger partial charge is 0.245 e. The van der Waals surface area contributed by atoms with Crippen molar-refractivity contribution in [3.63, 3.8) is 0 Å². The predicted molar refractivity (Wildman–Crippen MR) is 54.1 cm³/mol. The Morgan fingerprint density at radius 2 is 1.43 bits per heavy atom. The van der Waals surface area contributed by atoms with Crippen LogP contribution in [-0.2, 0) is 0 Å². The van der Waals surface area contributed by atoms with Crippen molar-refractivity contribution in [1.29, 1.82) is 0 Å². The first kappa shape index (κ1) is 10.8. The molecule has 4 nitrogen and oxygen atoms in total. The molecule has 0 aromatic carbocycles. The van der Waals surface area contributed by atoms with Crippen LogP contribution in [0.15, 0.2) is 37.2 Å². The van der Waals surface area contributed by atoms with Crippen molar-refractivity contribution in [3.8, 4) is 0 Å². The molecule has 0 saturated carbocycles. The molecule has 2 aromatic rings. The highest BCUT2D eigenvalue weighted by Gasteiger charge is 1.87. The molecule has 0 aliphatic heterocycles. The van der Waals surface area contributed by atoms with Crippen molar-refractivity contribution in [2.24, 2.45) is 0 Å². The Morgan fingerprint density at radius 1 is 0.857 bits per heavy atom. The molecule has 0 fully saturated rings. The molecule has 2 heterocycles. The Balaban J connectivity index is 0.000000146. The summed E-state index contributed by atoms with van der Waals surface area (Å²) in [6.07, 6.45) is 6.19. The Morgan fingerprint density at radius 3 is 1.64 bits per heavy atom. The first-order chi connectivity index (χ1) is 6.79. The first-order valence-corrected chi connectivity index (χ1v) is 4.37. The van der Waals surface area contributed by atoms with Gasteiger partial charge in [-0.3, -0.25) is 0 Å². The molecular formula is C8H6Cl2N4. The van der Waals surface area contributed by atoms with Crippen molar-refractivity contribution in [2.45, 2.75) is 0 Å². The molecule has 0 saturated heterocycles. The van der Waals surface area contributed by atoms with Crippen molar-refractivity contribution in [2.75, 3.05) is 0 Å². The van der Waals surface area contributed by atoms with Gasteiger partial charge in [0.05, 0.1) is 0 Å². The summed E-state index contributed by atoms with van der Waals surface area (Å²) in [5.41, 5.74) is 0. The van der Waals surface area contributed by atoms with Gasteiger partial charge in [-0.25, -0.2) is 19.9 Å². The van der Waals surface area contributed by atoms with E-state index in [1.165, 1.54) is 18.7 Å². The van der Waals surface area contributed by atoms with Crippen LogP contribution in [0, 0.1) is 0 Å². The average molecular weight is 229 g/mol. The van der Waals surface area contributed by atoms with Gasteiger partial charge in [-0.05, 0) is 6.07 Å². The maximum Gasteiger partial charge on any atom is 0.133 e. The first-order valence-electron chi connectivity index (χ1n) is 3.62. The standard InChI is InChI=1S/C4H2Cl2N2.C4H4N2/c5-3-1-4(6)8-2-7-3;1-2-5-4-6-3-1/h1-2H;1-4H. The second-order valence-corrected chi connectivity index (χ2v) is 2.84. The molecule has 6 heteroatoms. The molecule has 0 N–H and O–H groups in total. The number of hydrogen-bond acceptors (Lipinski definition) is 4. The van der Waals surface area contributed by atoms with Crippen LogP contribution in [-0.4, -0.2) is 19.9 Å². The molecule has 0 aliphatic carbocycles. The van der Waals surface area contributed by atoms with E-state index in [9.17, 15) is 0 Å². The third-order valence-corrected chi connectivity index (χ3v) is 1.49. The van der Waals surface area contributed by atoms with E-state index in [1.54, 1.807) is 18.5 Å². The number of nitrogens with zero attached hydrogens (tertiary/aromatic N) is 4. The Hall–Kier alpha value is -1.26. The molecule has 0 bridgehead atoms. The van der Waals surface area contributed by atoms with Crippen LogP contribution in [0.5, 0.6) is 0 Å². The van der Waals surface area contributed by atoms with Crippen LogP contribution in [0.25, 0.3) is 0 Å². The van der Waals surface area contributed by atoms with E-state index in [4.69, 9.17) is 23.2 Å². The third kappa shape index (κ3) is 4.69. The fourth-order valence-electron chi connectivity index (χ4n) is 0.565. The van der Waals surface area contributed by atoms with E-state index in [2.05, 4.69) is 19.9 Å². The monoisotopic (exact) mass is 228 g/mol. The lowest BCUT2D eigenvalue weighted by molar-refractivity contribution is 1.17. The second-order valence-electron chi connectivity index (χ2n) is 2.07. The summed E-state index contributed by atoms with van der Waals surface area (Å²) < 4.78 is 0. The molecule has 0 atom stereocenters. The number of hydrogen-bond donors (Lipinski definition) is 0. The lowest BCUT2D eigenvalue weighted by Gasteiger charge is -1.85. The number of halogens is 2. The molecule has 0 unspecified atom stereocenters. The van der Waals surface area contributed by atoms with Crippen LogP contribution in [0.4, 0.5) is 0 Å². The minimum Gasteiger partial charge on any atom is -0.245 e. The zero-order chi connectivity index (χ0) is 10.2. The van der Waals surface area contributed by atoms with E-state index < -0.39 is 0 Å². The summed E-state index contributed by atoms with van der Waals surface area (Å²) in [6, 6.07) is 3.25. The molecule has 2 aromatic heterocycles. The van der Waals surface area contributed by atoms with Gasteiger partial charge in [0.1, 0.15) is 23.0 Å². The molecule has 0 radical (unpaired) electrons. The highest BCUT2D eigenvalue weighted by Crippen LogP contribution is 2.07. The third-order valence-electron chi connectivity index (χ3n) is 1.08. The van der Waals surface area contributed by atoms with Gasteiger partial charge in [0.15, 0.2) is 0 Å². The van der Waals surface area contributed by atoms with Crippen LogP contribution >= 0.6 is 23.2 Å². The topological polar surface area (TPSA) is 51.6 Å². The van der Waals surface area contributed by atoms with E-state index in [0.717, 1.165) is 0 Å². The van der Waals surface area contributed by atoms with Gasteiger partial charge < -0.3 is 0 Å². The maximum absolute atomic E-state index is 5.41. The summed E-state index contributed by atoms with van der Waals surface area (Å²) in [4.78, 5) is 14.6.